The molecule has 5 atom stereocenters. The molecule has 0 saturated carbocycles. The van der Waals surface area contributed by atoms with E-state index in [4.69, 9.17) is 9.84 Å². The second-order valence-corrected chi connectivity index (χ2v) is 5.35. The van der Waals surface area contributed by atoms with Crippen LogP contribution in [0, 0.1) is 0 Å². The van der Waals surface area contributed by atoms with E-state index in [0.717, 1.165) is 5.56 Å². The molecule has 0 aliphatic carbocycles. The molecule has 0 spiro atoms. The van der Waals surface area contributed by atoms with Crippen LogP contribution < -0.4 is 5.32 Å². The largest absolute Gasteiger partial charge is 0.395 e. The van der Waals surface area contributed by atoms with Gasteiger partial charge in [0.1, 0.15) is 18.3 Å². The molecule has 0 radical (unpaired) electrons. The summed E-state index contributed by atoms with van der Waals surface area (Å²) in [6.45, 7) is -0.0708. The Morgan fingerprint density at radius 2 is 1.71 bits per heavy atom. The standard InChI is InChI=1S/C15H23NO5/c17-8-11(6-10-4-2-1-3-5-10)16-7-12-14(19)15(20)13(9-18)21-12/h1-5,11-20H,6-9H2/t11-,12-,13-,14-,15-/m1/s1. The highest BCUT2D eigenvalue weighted by atomic mass is 16.6. The molecular formula is C15H23NO5. The van der Waals surface area contributed by atoms with Gasteiger partial charge in [-0.25, -0.2) is 0 Å². The quantitative estimate of drug-likeness (QED) is 0.427. The molecule has 6 heteroatoms. The van der Waals surface area contributed by atoms with Crippen molar-refractivity contribution >= 4 is 0 Å². The summed E-state index contributed by atoms with van der Waals surface area (Å²) in [6.07, 6.45) is -2.81. The van der Waals surface area contributed by atoms with E-state index < -0.39 is 24.4 Å². The molecule has 118 valence electrons. The van der Waals surface area contributed by atoms with E-state index in [-0.39, 0.29) is 19.3 Å². The Morgan fingerprint density at radius 3 is 2.29 bits per heavy atom. The van der Waals surface area contributed by atoms with E-state index in [1.165, 1.54) is 0 Å². The molecule has 1 aromatic rings. The zero-order valence-corrected chi connectivity index (χ0v) is 11.8. The van der Waals surface area contributed by atoms with Crippen LogP contribution in [0.25, 0.3) is 0 Å². The average Bonchev–Trinajstić information content (AvgIpc) is 2.80. The van der Waals surface area contributed by atoms with Crippen LogP contribution in [0.3, 0.4) is 0 Å². The molecule has 0 bridgehead atoms. The van der Waals surface area contributed by atoms with Gasteiger partial charge in [0.05, 0.1) is 19.3 Å². The van der Waals surface area contributed by atoms with Gasteiger partial charge in [-0.3, -0.25) is 0 Å². The van der Waals surface area contributed by atoms with Gasteiger partial charge in [0, 0.05) is 12.6 Å². The number of nitrogens with one attached hydrogen (secondary N) is 1. The number of hydrogen-bond acceptors (Lipinski definition) is 6. The third-order valence-electron chi connectivity index (χ3n) is 3.79. The lowest BCUT2D eigenvalue weighted by atomic mass is 10.1. The maximum atomic E-state index is 9.85. The minimum Gasteiger partial charge on any atom is -0.395 e. The second kappa shape index (κ2) is 7.84. The summed E-state index contributed by atoms with van der Waals surface area (Å²) in [4.78, 5) is 0. The number of hydrogen-bond donors (Lipinski definition) is 5. The van der Waals surface area contributed by atoms with Gasteiger partial charge < -0.3 is 30.5 Å². The highest BCUT2D eigenvalue weighted by Gasteiger charge is 2.42. The van der Waals surface area contributed by atoms with Gasteiger partial charge >= 0.3 is 0 Å². The number of rotatable bonds is 7. The molecule has 5 N–H and O–H groups in total. The molecule has 1 fully saturated rings. The van der Waals surface area contributed by atoms with Crippen molar-refractivity contribution in [2.45, 2.75) is 36.9 Å². The fourth-order valence-electron chi connectivity index (χ4n) is 2.53. The SMILES string of the molecule is OC[C@@H](Cc1ccccc1)NC[C@H]1O[C@H](CO)[C@@H](O)[C@@H]1O. The average molecular weight is 297 g/mol. The first-order chi connectivity index (χ1) is 10.2. The molecule has 1 aromatic carbocycles. The predicted molar refractivity (Wildman–Crippen MR) is 76.8 cm³/mol. The lowest BCUT2D eigenvalue weighted by Crippen LogP contribution is -2.43. The van der Waals surface area contributed by atoms with Crippen LogP contribution in [-0.2, 0) is 11.2 Å². The molecule has 21 heavy (non-hydrogen) atoms. The van der Waals surface area contributed by atoms with Crippen molar-refractivity contribution in [1.29, 1.82) is 0 Å². The van der Waals surface area contributed by atoms with Crippen molar-refractivity contribution < 1.29 is 25.2 Å². The first-order valence-corrected chi connectivity index (χ1v) is 7.16. The Bertz CT molecular complexity index is 416. The van der Waals surface area contributed by atoms with Crippen LogP contribution in [-0.4, -0.2) is 70.6 Å². The summed E-state index contributed by atoms with van der Waals surface area (Å²) in [7, 11) is 0. The Morgan fingerprint density at radius 1 is 1.05 bits per heavy atom. The third kappa shape index (κ3) is 4.23. The Balaban J connectivity index is 1.83. The third-order valence-corrected chi connectivity index (χ3v) is 3.79. The number of aliphatic hydroxyl groups is 4. The van der Waals surface area contributed by atoms with Gasteiger partial charge in [0.25, 0.3) is 0 Å². The van der Waals surface area contributed by atoms with Crippen LogP contribution in [0.4, 0.5) is 0 Å². The van der Waals surface area contributed by atoms with Gasteiger partial charge in [0.2, 0.25) is 0 Å². The summed E-state index contributed by atoms with van der Waals surface area (Å²) in [5.41, 5.74) is 1.10. The van der Waals surface area contributed by atoms with Gasteiger partial charge in [-0.1, -0.05) is 30.3 Å². The van der Waals surface area contributed by atoms with Crippen LogP contribution in [0.1, 0.15) is 5.56 Å². The fraction of sp³-hybridized carbons (Fsp3) is 0.600. The summed E-state index contributed by atoms with van der Waals surface area (Å²) >= 11 is 0. The van der Waals surface area contributed by atoms with Crippen LogP contribution in [0.15, 0.2) is 30.3 Å². The van der Waals surface area contributed by atoms with E-state index >= 15 is 0 Å². The lowest BCUT2D eigenvalue weighted by molar-refractivity contribution is -0.0222. The zero-order chi connectivity index (χ0) is 15.2. The van der Waals surface area contributed by atoms with Crippen molar-refractivity contribution in [3.63, 3.8) is 0 Å². The Hall–Kier alpha value is -1.02. The highest BCUT2D eigenvalue weighted by molar-refractivity contribution is 5.15. The predicted octanol–water partition coefficient (Wildman–Crippen LogP) is -1.34. The molecule has 2 rings (SSSR count). The van der Waals surface area contributed by atoms with Crippen LogP contribution in [0.5, 0.6) is 0 Å². The van der Waals surface area contributed by atoms with Crippen molar-refractivity contribution in [3.8, 4) is 0 Å². The van der Waals surface area contributed by atoms with Crippen LogP contribution in [0.2, 0.25) is 0 Å². The van der Waals surface area contributed by atoms with Gasteiger partial charge in [0.15, 0.2) is 0 Å². The monoisotopic (exact) mass is 297 g/mol. The number of benzene rings is 1. The smallest absolute Gasteiger partial charge is 0.111 e. The molecular weight excluding hydrogens is 274 g/mol. The molecule has 1 saturated heterocycles. The minimum absolute atomic E-state index is 0.0380. The number of ether oxygens (including phenoxy) is 1. The molecule has 6 nitrogen and oxygen atoms in total. The van der Waals surface area contributed by atoms with E-state index in [1.54, 1.807) is 0 Å². The summed E-state index contributed by atoms with van der Waals surface area (Å²) in [5.74, 6) is 0. The van der Waals surface area contributed by atoms with Crippen molar-refractivity contribution in [2.75, 3.05) is 19.8 Å². The fourth-order valence-corrected chi connectivity index (χ4v) is 2.53. The molecule has 0 amide bonds. The molecule has 1 aliphatic rings. The number of aliphatic hydroxyl groups excluding tert-OH is 4. The maximum Gasteiger partial charge on any atom is 0.111 e. The lowest BCUT2D eigenvalue weighted by Gasteiger charge is -2.21. The van der Waals surface area contributed by atoms with E-state index in [0.29, 0.717) is 13.0 Å². The van der Waals surface area contributed by atoms with Gasteiger partial charge in [-0.15, -0.1) is 0 Å². The summed E-state index contributed by atoms with van der Waals surface area (Å²) in [6, 6.07) is 9.62. The maximum absolute atomic E-state index is 9.85. The first-order valence-electron chi connectivity index (χ1n) is 7.16. The molecule has 1 heterocycles. The second-order valence-electron chi connectivity index (χ2n) is 5.35. The van der Waals surface area contributed by atoms with Crippen molar-refractivity contribution in [1.82, 2.24) is 5.32 Å². The Kier molecular flexibility index (Phi) is 6.10. The van der Waals surface area contributed by atoms with E-state index in [2.05, 4.69) is 5.32 Å². The molecule has 0 aromatic heterocycles. The van der Waals surface area contributed by atoms with E-state index in [1.807, 2.05) is 30.3 Å². The molecule has 0 unspecified atom stereocenters. The van der Waals surface area contributed by atoms with E-state index in [9.17, 15) is 15.3 Å². The van der Waals surface area contributed by atoms with Crippen molar-refractivity contribution in [2.24, 2.45) is 0 Å². The zero-order valence-electron chi connectivity index (χ0n) is 11.8. The normalized spacial score (nSPS) is 30.5. The molecule has 1 aliphatic heterocycles. The Labute approximate surface area is 124 Å². The van der Waals surface area contributed by atoms with Crippen molar-refractivity contribution in [3.05, 3.63) is 35.9 Å². The first kappa shape index (κ1) is 16.4. The minimum atomic E-state index is -1.08. The summed E-state index contributed by atoms with van der Waals surface area (Å²) in [5, 5.41) is 41.1. The van der Waals surface area contributed by atoms with Gasteiger partial charge in [-0.2, -0.15) is 0 Å². The highest BCUT2D eigenvalue weighted by Crippen LogP contribution is 2.20. The van der Waals surface area contributed by atoms with Crippen LogP contribution >= 0.6 is 0 Å². The van der Waals surface area contributed by atoms with Gasteiger partial charge in [-0.05, 0) is 12.0 Å². The topological polar surface area (TPSA) is 102 Å². The summed E-state index contributed by atoms with van der Waals surface area (Å²) < 4.78 is 5.39.